The SMILES string of the molecule is COc1cc(C=C2C(=O)NC(=O)N(Cc3ccco3)C2=O)ccc1OCc1ccc([N+](=O)[O-])cc1. The molecule has 35 heavy (non-hydrogen) atoms. The number of furan rings is 1. The van der Waals surface area contributed by atoms with Crippen molar-refractivity contribution in [3.63, 3.8) is 0 Å². The summed E-state index contributed by atoms with van der Waals surface area (Å²) in [5, 5.41) is 12.9. The van der Waals surface area contributed by atoms with Gasteiger partial charge in [0.15, 0.2) is 11.5 Å². The van der Waals surface area contributed by atoms with E-state index in [4.69, 9.17) is 13.9 Å². The van der Waals surface area contributed by atoms with Gasteiger partial charge in [-0.1, -0.05) is 6.07 Å². The van der Waals surface area contributed by atoms with E-state index in [2.05, 4.69) is 5.32 Å². The van der Waals surface area contributed by atoms with Crippen molar-refractivity contribution in [1.29, 1.82) is 0 Å². The maximum absolute atomic E-state index is 12.9. The lowest BCUT2D eigenvalue weighted by Gasteiger charge is -2.25. The van der Waals surface area contributed by atoms with Gasteiger partial charge in [-0.05, 0) is 53.6 Å². The van der Waals surface area contributed by atoms with Crippen LogP contribution in [0.3, 0.4) is 0 Å². The number of benzene rings is 2. The molecular formula is C24H19N3O8. The number of hydrogen-bond donors (Lipinski definition) is 1. The summed E-state index contributed by atoms with van der Waals surface area (Å²) in [4.78, 5) is 48.5. The summed E-state index contributed by atoms with van der Waals surface area (Å²) in [5.41, 5.74) is 0.942. The van der Waals surface area contributed by atoms with Crippen molar-refractivity contribution in [3.8, 4) is 11.5 Å². The number of nitro benzene ring substituents is 1. The van der Waals surface area contributed by atoms with Gasteiger partial charge in [0.25, 0.3) is 17.5 Å². The van der Waals surface area contributed by atoms with Gasteiger partial charge in [0.1, 0.15) is 17.9 Å². The Balaban J connectivity index is 1.51. The normalized spacial score (nSPS) is 14.7. The van der Waals surface area contributed by atoms with Crippen LogP contribution in [0.5, 0.6) is 11.5 Å². The summed E-state index contributed by atoms with van der Waals surface area (Å²) in [6.45, 7) is 0.0144. The quantitative estimate of drug-likeness (QED) is 0.225. The molecule has 0 unspecified atom stereocenters. The van der Waals surface area contributed by atoms with E-state index in [9.17, 15) is 24.5 Å². The number of nitro groups is 1. The first-order chi connectivity index (χ1) is 16.9. The van der Waals surface area contributed by atoms with Gasteiger partial charge >= 0.3 is 6.03 Å². The van der Waals surface area contributed by atoms with Crippen LogP contribution in [0.2, 0.25) is 0 Å². The molecule has 2 aromatic carbocycles. The van der Waals surface area contributed by atoms with Crippen molar-refractivity contribution in [2.45, 2.75) is 13.2 Å². The number of carbonyl (C=O) groups excluding carboxylic acids is 3. The number of barbiturate groups is 1. The van der Waals surface area contributed by atoms with E-state index < -0.39 is 22.8 Å². The van der Waals surface area contributed by atoms with E-state index in [-0.39, 0.29) is 24.4 Å². The summed E-state index contributed by atoms with van der Waals surface area (Å²) < 4.78 is 16.3. The molecule has 1 fully saturated rings. The van der Waals surface area contributed by atoms with Crippen LogP contribution >= 0.6 is 0 Å². The minimum absolute atomic E-state index is 0.0190. The van der Waals surface area contributed by atoms with E-state index in [1.54, 1.807) is 42.5 Å². The third kappa shape index (κ3) is 5.19. The van der Waals surface area contributed by atoms with Gasteiger partial charge < -0.3 is 13.9 Å². The Morgan fingerprint density at radius 2 is 1.86 bits per heavy atom. The van der Waals surface area contributed by atoms with Crippen molar-refractivity contribution in [2.75, 3.05) is 7.11 Å². The molecule has 1 aliphatic rings. The van der Waals surface area contributed by atoms with Crippen molar-refractivity contribution >= 4 is 29.6 Å². The third-order valence-electron chi connectivity index (χ3n) is 5.12. The largest absolute Gasteiger partial charge is 0.493 e. The summed E-state index contributed by atoms with van der Waals surface area (Å²) in [6.07, 6.45) is 2.77. The number of methoxy groups -OCH3 is 1. The highest BCUT2D eigenvalue weighted by Gasteiger charge is 2.36. The van der Waals surface area contributed by atoms with Crippen LogP contribution in [0, 0.1) is 10.1 Å². The molecule has 3 aromatic rings. The van der Waals surface area contributed by atoms with Gasteiger partial charge in [-0.15, -0.1) is 0 Å². The highest BCUT2D eigenvalue weighted by molar-refractivity contribution is 6.30. The van der Waals surface area contributed by atoms with Crippen molar-refractivity contribution < 1.29 is 33.2 Å². The maximum Gasteiger partial charge on any atom is 0.331 e. The molecule has 0 bridgehead atoms. The second-order valence-electron chi connectivity index (χ2n) is 7.41. The van der Waals surface area contributed by atoms with E-state index >= 15 is 0 Å². The monoisotopic (exact) mass is 477 g/mol. The molecule has 2 heterocycles. The first-order valence-corrected chi connectivity index (χ1v) is 10.3. The van der Waals surface area contributed by atoms with Crippen LogP contribution < -0.4 is 14.8 Å². The molecule has 1 aliphatic heterocycles. The zero-order chi connectivity index (χ0) is 24.9. The second kappa shape index (κ2) is 9.91. The van der Waals surface area contributed by atoms with Crippen LogP contribution in [0.15, 0.2) is 70.9 Å². The average molecular weight is 477 g/mol. The Morgan fingerprint density at radius 1 is 1.09 bits per heavy atom. The molecule has 0 atom stereocenters. The Hall–Kier alpha value is -4.93. The molecule has 1 N–H and O–H groups in total. The summed E-state index contributed by atoms with van der Waals surface area (Å²) in [7, 11) is 1.44. The highest BCUT2D eigenvalue weighted by atomic mass is 16.6. The minimum Gasteiger partial charge on any atom is -0.493 e. The van der Waals surface area contributed by atoms with Gasteiger partial charge in [-0.25, -0.2) is 4.79 Å². The molecule has 0 radical (unpaired) electrons. The number of ether oxygens (including phenoxy) is 2. The van der Waals surface area contributed by atoms with Crippen LogP contribution in [0.25, 0.3) is 6.08 Å². The molecular weight excluding hydrogens is 458 g/mol. The number of nitrogens with zero attached hydrogens (tertiary/aromatic N) is 2. The molecule has 0 spiro atoms. The first-order valence-electron chi connectivity index (χ1n) is 10.3. The van der Waals surface area contributed by atoms with E-state index in [1.165, 1.54) is 31.6 Å². The molecule has 1 aromatic heterocycles. The Labute approximate surface area is 198 Å². The van der Waals surface area contributed by atoms with Gasteiger partial charge in [0, 0.05) is 12.1 Å². The van der Waals surface area contributed by atoms with Crippen molar-refractivity contribution in [3.05, 3.63) is 93.4 Å². The number of amides is 4. The number of non-ortho nitro benzene ring substituents is 1. The fourth-order valence-electron chi connectivity index (χ4n) is 3.33. The van der Waals surface area contributed by atoms with E-state index in [1.807, 2.05) is 0 Å². The lowest BCUT2D eigenvalue weighted by atomic mass is 10.1. The van der Waals surface area contributed by atoms with Gasteiger partial charge in [-0.3, -0.25) is 29.9 Å². The van der Waals surface area contributed by atoms with Crippen LogP contribution in [-0.4, -0.2) is 34.8 Å². The molecule has 11 nitrogen and oxygen atoms in total. The number of hydrogen-bond acceptors (Lipinski definition) is 8. The summed E-state index contributed by atoms with van der Waals surface area (Å²) in [5.74, 6) is -0.449. The molecule has 0 saturated carbocycles. The Kier molecular flexibility index (Phi) is 6.58. The predicted molar refractivity (Wildman–Crippen MR) is 121 cm³/mol. The topological polar surface area (TPSA) is 141 Å². The number of nitrogens with one attached hydrogen (secondary N) is 1. The van der Waals surface area contributed by atoms with Gasteiger partial charge in [-0.2, -0.15) is 0 Å². The van der Waals surface area contributed by atoms with E-state index in [0.717, 1.165) is 10.5 Å². The van der Waals surface area contributed by atoms with Crippen molar-refractivity contribution in [1.82, 2.24) is 10.2 Å². The zero-order valence-corrected chi connectivity index (χ0v) is 18.4. The molecule has 11 heteroatoms. The maximum atomic E-state index is 12.9. The highest BCUT2D eigenvalue weighted by Crippen LogP contribution is 2.30. The number of carbonyl (C=O) groups is 3. The Bertz CT molecular complexity index is 1310. The molecule has 1 saturated heterocycles. The third-order valence-corrected chi connectivity index (χ3v) is 5.12. The predicted octanol–water partition coefficient (Wildman–Crippen LogP) is 3.44. The second-order valence-corrected chi connectivity index (χ2v) is 7.41. The Morgan fingerprint density at radius 3 is 2.51 bits per heavy atom. The minimum atomic E-state index is -0.832. The molecule has 178 valence electrons. The van der Waals surface area contributed by atoms with Crippen LogP contribution in [0.1, 0.15) is 16.9 Å². The lowest BCUT2D eigenvalue weighted by Crippen LogP contribution is -2.53. The molecule has 4 amide bonds. The molecule has 0 aliphatic carbocycles. The number of rotatable bonds is 8. The first kappa shape index (κ1) is 23.2. The average Bonchev–Trinajstić information content (AvgIpc) is 3.37. The lowest BCUT2D eigenvalue weighted by molar-refractivity contribution is -0.384. The number of urea groups is 1. The van der Waals surface area contributed by atoms with E-state index in [0.29, 0.717) is 22.8 Å². The standard InChI is InChI=1S/C24H19N3O8/c1-33-21-12-16(6-9-20(21)35-14-15-4-7-17(8-5-15)27(31)32)11-19-22(28)25-24(30)26(23(19)29)13-18-3-2-10-34-18/h2-12H,13-14H2,1H3,(H,25,28,30). The summed E-state index contributed by atoms with van der Waals surface area (Å²) >= 11 is 0. The summed E-state index contributed by atoms with van der Waals surface area (Å²) in [6, 6.07) is 13.2. The fraction of sp³-hybridized carbons (Fsp3) is 0.125. The number of imide groups is 2. The smallest absolute Gasteiger partial charge is 0.331 e. The fourth-order valence-corrected chi connectivity index (χ4v) is 3.33. The van der Waals surface area contributed by atoms with Crippen molar-refractivity contribution in [2.24, 2.45) is 0 Å². The zero-order valence-electron chi connectivity index (χ0n) is 18.4. The van der Waals surface area contributed by atoms with Gasteiger partial charge in [0.05, 0.1) is 24.8 Å². The van der Waals surface area contributed by atoms with Gasteiger partial charge in [0.2, 0.25) is 0 Å². The van der Waals surface area contributed by atoms with Crippen LogP contribution in [0.4, 0.5) is 10.5 Å². The van der Waals surface area contributed by atoms with Crippen LogP contribution in [-0.2, 0) is 22.7 Å². The molecule has 4 rings (SSSR count).